The summed E-state index contributed by atoms with van der Waals surface area (Å²) in [4.78, 5) is 13.9. The van der Waals surface area contributed by atoms with Crippen molar-refractivity contribution in [2.24, 2.45) is 5.92 Å². The van der Waals surface area contributed by atoms with Crippen molar-refractivity contribution in [2.45, 2.75) is 58.6 Å². The summed E-state index contributed by atoms with van der Waals surface area (Å²) in [6, 6.07) is 0.00403. The molecule has 2 amide bonds. The topological polar surface area (TPSA) is 52.6 Å². The summed E-state index contributed by atoms with van der Waals surface area (Å²) in [7, 11) is 0. The van der Waals surface area contributed by atoms with Gasteiger partial charge in [-0.2, -0.15) is 0 Å². The molecule has 2 N–H and O–H groups in total. The lowest BCUT2D eigenvalue weighted by Crippen LogP contribution is -2.50. The number of carbonyl (C=O) groups is 1. The predicted octanol–water partition coefficient (Wildman–Crippen LogP) is 2.53. The second-order valence-electron chi connectivity index (χ2n) is 6.37. The SMILES string of the molecule is CC(C)N(CC(C)(C)O)C(=O)NCC1CC=CCC1. The van der Waals surface area contributed by atoms with Crippen molar-refractivity contribution in [3.63, 3.8) is 0 Å². The fourth-order valence-corrected chi connectivity index (χ4v) is 2.28. The summed E-state index contributed by atoms with van der Waals surface area (Å²) < 4.78 is 0. The van der Waals surface area contributed by atoms with E-state index >= 15 is 0 Å². The molecule has 19 heavy (non-hydrogen) atoms. The number of nitrogens with one attached hydrogen (secondary N) is 1. The molecule has 1 aliphatic carbocycles. The van der Waals surface area contributed by atoms with E-state index in [0.29, 0.717) is 12.5 Å². The summed E-state index contributed by atoms with van der Waals surface area (Å²) in [5.41, 5.74) is -0.866. The van der Waals surface area contributed by atoms with Crippen LogP contribution in [0.25, 0.3) is 0 Å². The highest BCUT2D eigenvalue weighted by atomic mass is 16.3. The maximum atomic E-state index is 12.2. The van der Waals surface area contributed by atoms with Crippen LogP contribution in [0, 0.1) is 5.92 Å². The van der Waals surface area contributed by atoms with Gasteiger partial charge < -0.3 is 15.3 Å². The monoisotopic (exact) mass is 268 g/mol. The van der Waals surface area contributed by atoms with Crippen LogP contribution in [0.15, 0.2) is 12.2 Å². The molecule has 1 rings (SSSR count). The Balaban J connectivity index is 2.45. The minimum absolute atomic E-state index is 0.0771. The van der Waals surface area contributed by atoms with Crippen LogP contribution in [0.3, 0.4) is 0 Å². The van der Waals surface area contributed by atoms with E-state index in [4.69, 9.17) is 0 Å². The van der Waals surface area contributed by atoms with Gasteiger partial charge in [0.2, 0.25) is 0 Å². The lowest BCUT2D eigenvalue weighted by atomic mass is 9.94. The average molecular weight is 268 g/mol. The van der Waals surface area contributed by atoms with E-state index in [0.717, 1.165) is 25.8 Å². The lowest BCUT2D eigenvalue weighted by Gasteiger charge is -2.33. The Labute approximate surface area is 116 Å². The zero-order valence-electron chi connectivity index (χ0n) is 12.6. The number of aliphatic hydroxyl groups is 1. The van der Waals surface area contributed by atoms with Gasteiger partial charge in [-0.05, 0) is 52.9 Å². The molecule has 0 spiro atoms. The van der Waals surface area contributed by atoms with E-state index in [1.54, 1.807) is 18.7 Å². The fourth-order valence-electron chi connectivity index (χ4n) is 2.28. The third kappa shape index (κ3) is 6.10. The largest absolute Gasteiger partial charge is 0.389 e. The van der Waals surface area contributed by atoms with Crippen molar-refractivity contribution >= 4 is 6.03 Å². The third-order valence-electron chi connectivity index (χ3n) is 3.36. The maximum Gasteiger partial charge on any atom is 0.317 e. The van der Waals surface area contributed by atoms with Crippen LogP contribution in [-0.2, 0) is 0 Å². The van der Waals surface area contributed by atoms with Crippen LogP contribution in [0.4, 0.5) is 4.79 Å². The van der Waals surface area contributed by atoms with Crippen molar-refractivity contribution < 1.29 is 9.90 Å². The standard InChI is InChI=1S/C15H28N2O2/c1-12(2)17(11-15(3,4)19)14(18)16-10-13-8-6-5-7-9-13/h5-6,12-13,19H,7-11H2,1-4H3,(H,16,18). The van der Waals surface area contributed by atoms with Crippen molar-refractivity contribution in [3.05, 3.63) is 12.2 Å². The predicted molar refractivity (Wildman–Crippen MR) is 78.0 cm³/mol. The van der Waals surface area contributed by atoms with Gasteiger partial charge >= 0.3 is 6.03 Å². The van der Waals surface area contributed by atoms with Crippen LogP contribution in [0.1, 0.15) is 47.0 Å². The van der Waals surface area contributed by atoms with Crippen LogP contribution in [0.5, 0.6) is 0 Å². The Morgan fingerprint density at radius 1 is 1.47 bits per heavy atom. The molecular formula is C15H28N2O2. The summed E-state index contributed by atoms with van der Waals surface area (Å²) in [5.74, 6) is 0.546. The summed E-state index contributed by atoms with van der Waals surface area (Å²) in [6.07, 6.45) is 7.69. The Morgan fingerprint density at radius 2 is 2.16 bits per heavy atom. The van der Waals surface area contributed by atoms with Crippen LogP contribution in [-0.4, -0.2) is 40.8 Å². The van der Waals surface area contributed by atoms with E-state index < -0.39 is 5.60 Å². The van der Waals surface area contributed by atoms with Gasteiger partial charge in [-0.25, -0.2) is 4.79 Å². The molecule has 0 aromatic heterocycles. The molecule has 0 radical (unpaired) electrons. The molecule has 0 aromatic carbocycles. The Kier molecular flexibility index (Phi) is 5.85. The second-order valence-corrected chi connectivity index (χ2v) is 6.37. The summed E-state index contributed by atoms with van der Waals surface area (Å²) >= 11 is 0. The van der Waals surface area contributed by atoms with Crippen molar-refractivity contribution in [1.29, 1.82) is 0 Å². The van der Waals surface area contributed by atoms with E-state index in [1.807, 2.05) is 13.8 Å². The smallest absolute Gasteiger partial charge is 0.317 e. The van der Waals surface area contributed by atoms with Crippen molar-refractivity contribution in [1.82, 2.24) is 10.2 Å². The number of rotatable bonds is 5. The first-order valence-corrected chi connectivity index (χ1v) is 7.21. The van der Waals surface area contributed by atoms with E-state index in [9.17, 15) is 9.90 Å². The van der Waals surface area contributed by atoms with Gasteiger partial charge in [0.1, 0.15) is 0 Å². The Hall–Kier alpha value is -1.03. The van der Waals surface area contributed by atoms with Crippen LogP contribution < -0.4 is 5.32 Å². The van der Waals surface area contributed by atoms with Crippen LogP contribution >= 0.6 is 0 Å². The molecule has 0 aromatic rings. The van der Waals surface area contributed by atoms with Gasteiger partial charge in [0.15, 0.2) is 0 Å². The molecular weight excluding hydrogens is 240 g/mol. The number of hydrogen-bond acceptors (Lipinski definition) is 2. The number of allylic oxidation sites excluding steroid dienone is 2. The number of amides is 2. The molecule has 0 saturated carbocycles. The Bertz CT molecular complexity index is 319. The first-order chi connectivity index (χ1) is 8.79. The van der Waals surface area contributed by atoms with Gasteiger partial charge in [-0.1, -0.05) is 12.2 Å². The lowest BCUT2D eigenvalue weighted by molar-refractivity contribution is 0.0386. The van der Waals surface area contributed by atoms with Crippen molar-refractivity contribution in [3.8, 4) is 0 Å². The summed E-state index contributed by atoms with van der Waals surface area (Å²) in [6.45, 7) is 8.45. The zero-order valence-corrected chi connectivity index (χ0v) is 12.6. The highest BCUT2D eigenvalue weighted by Gasteiger charge is 2.25. The van der Waals surface area contributed by atoms with E-state index in [2.05, 4.69) is 17.5 Å². The molecule has 1 aliphatic rings. The van der Waals surface area contributed by atoms with Gasteiger partial charge in [0.05, 0.1) is 12.1 Å². The molecule has 0 aliphatic heterocycles. The fraction of sp³-hybridized carbons (Fsp3) is 0.800. The summed E-state index contributed by atoms with van der Waals surface area (Å²) in [5, 5.41) is 12.9. The maximum absolute atomic E-state index is 12.2. The van der Waals surface area contributed by atoms with Crippen molar-refractivity contribution in [2.75, 3.05) is 13.1 Å². The molecule has 110 valence electrons. The molecule has 0 saturated heterocycles. The number of urea groups is 1. The van der Waals surface area contributed by atoms with Crippen LogP contribution in [0.2, 0.25) is 0 Å². The molecule has 0 heterocycles. The average Bonchev–Trinajstić information content (AvgIpc) is 2.33. The third-order valence-corrected chi connectivity index (χ3v) is 3.36. The zero-order chi connectivity index (χ0) is 14.5. The Morgan fingerprint density at radius 3 is 2.63 bits per heavy atom. The molecule has 0 fully saturated rings. The van der Waals surface area contributed by atoms with E-state index in [1.165, 1.54) is 0 Å². The van der Waals surface area contributed by atoms with Gasteiger partial charge in [-0.15, -0.1) is 0 Å². The highest BCUT2D eigenvalue weighted by molar-refractivity contribution is 5.74. The van der Waals surface area contributed by atoms with Gasteiger partial charge in [0, 0.05) is 12.6 Å². The minimum Gasteiger partial charge on any atom is -0.389 e. The minimum atomic E-state index is -0.866. The first-order valence-electron chi connectivity index (χ1n) is 7.21. The molecule has 4 nitrogen and oxygen atoms in total. The molecule has 1 unspecified atom stereocenters. The van der Waals surface area contributed by atoms with Gasteiger partial charge in [0.25, 0.3) is 0 Å². The van der Waals surface area contributed by atoms with E-state index in [-0.39, 0.29) is 12.1 Å². The van der Waals surface area contributed by atoms with Gasteiger partial charge in [-0.3, -0.25) is 0 Å². The molecule has 4 heteroatoms. The normalized spacial score (nSPS) is 19.6. The quantitative estimate of drug-likeness (QED) is 0.753. The number of carbonyl (C=O) groups excluding carboxylic acids is 1. The second kappa shape index (κ2) is 6.94. The highest BCUT2D eigenvalue weighted by Crippen LogP contribution is 2.17. The number of hydrogen-bond donors (Lipinski definition) is 2. The molecule has 1 atom stereocenters. The number of nitrogens with zero attached hydrogens (tertiary/aromatic N) is 1. The molecule has 0 bridgehead atoms. The first kappa shape index (κ1) is 16.0.